The van der Waals surface area contributed by atoms with Gasteiger partial charge < -0.3 is 27.4 Å². The number of nitrogens with two attached hydrogens (primary N) is 2. The topological polar surface area (TPSA) is 100 Å². The van der Waals surface area contributed by atoms with Crippen LogP contribution in [0.15, 0.2) is 90.5 Å². The van der Waals surface area contributed by atoms with Crippen LogP contribution in [0.2, 0.25) is 0 Å². The molecule has 0 aromatic heterocycles. The zero-order valence-corrected chi connectivity index (χ0v) is 26.0. The van der Waals surface area contributed by atoms with E-state index in [9.17, 15) is 0 Å². The number of thiol groups is 1. The van der Waals surface area contributed by atoms with Gasteiger partial charge in [0, 0.05) is 30.9 Å². The van der Waals surface area contributed by atoms with Gasteiger partial charge >= 0.3 is 0 Å². The molecule has 0 heterocycles. The molecular weight excluding hydrogens is 488 g/mol. The van der Waals surface area contributed by atoms with Crippen LogP contribution in [-0.4, -0.2) is 39.6 Å². The Bertz CT molecular complexity index is 790. The normalized spacial score (nSPS) is 8.92. The first-order chi connectivity index (χ1) is 18.5. The summed E-state index contributed by atoms with van der Waals surface area (Å²) in [5, 5.41) is 9.43. The Balaban J connectivity index is -0.000000211. The van der Waals surface area contributed by atoms with Gasteiger partial charge in [-0.3, -0.25) is 0 Å². The third-order valence-electron chi connectivity index (χ3n) is 4.04. The SMILES string of the molecule is C=CCNC(=C)CNCCC.C=Cc1ccccc1.CC.CC.CN.CNCc1ccc(/C(N)=N/S)cc1. The monoisotopic (exact) mass is 544 g/mol. The van der Waals surface area contributed by atoms with Crippen molar-refractivity contribution in [1.82, 2.24) is 16.0 Å². The lowest BCUT2D eigenvalue weighted by Crippen LogP contribution is -2.25. The van der Waals surface area contributed by atoms with Crippen molar-refractivity contribution < 1.29 is 0 Å². The van der Waals surface area contributed by atoms with Gasteiger partial charge in [0.25, 0.3) is 0 Å². The summed E-state index contributed by atoms with van der Waals surface area (Å²) in [6.45, 7) is 24.8. The summed E-state index contributed by atoms with van der Waals surface area (Å²) in [6.07, 6.45) is 4.82. The Labute approximate surface area is 240 Å². The van der Waals surface area contributed by atoms with E-state index in [0.29, 0.717) is 5.84 Å². The number of nitrogens with one attached hydrogen (secondary N) is 3. The fourth-order valence-electron chi connectivity index (χ4n) is 2.34. The number of rotatable bonds is 11. The molecule has 2 aromatic rings. The van der Waals surface area contributed by atoms with Crippen LogP contribution in [0.3, 0.4) is 0 Å². The molecule has 0 amide bonds. The highest BCUT2D eigenvalue weighted by Gasteiger charge is 1.96. The van der Waals surface area contributed by atoms with E-state index in [2.05, 4.69) is 65.6 Å². The van der Waals surface area contributed by atoms with Crippen molar-refractivity contribution in [2.75, 3.05) is 33.7 Å². The molecule has 0 aliphatic carbocycles. The van der Waals surface area contributed by atoms with E-state index in [0.717, 1.165) is 43.9 Å². The van der Waals surface area contributed by atoms with Crippen LogP contribution in [0.5, 0.6) is 0 Å². The number of amidine groups is 1. The Hall–Kier alpha value is -2.84. The zero-order chi connectivity index (χ0) is 30.0. The minimum Gasteiger partial charge on any atom is -0.384 e. The molecule has 0 bridgehead atoms. The highest BCUT2D eigenvalue weighted by Crippen LogP contribution is 2.04. The highest BCUT2D eigenvalue weighted by molar-refractivity contribution is 7.79. The maximum absolute atomic E-state index is 5.58. The largest absolute Gasteiger partial charge is 0.384 e. The minimum atomic E-state index is 0.444. The fraction of sp³-hybridized carbons (Fsp3) is 0.387. The highest BCUT2D eigenvalue weighted by atomic mass is 32.1. The number of nitrogens with zero attached hydrogens (tertiary/aromatic N) is 1. The first kappa shape index (κ1) is 42.3. The Morgan fingerprint density at radius 1 is 0.974 bits per heavy atom. The second kappa shape index (κ2) is 36.3. The van der Waals surface area contributed by atoms with Crippen LogP contribution in [0, 0.1) is 0 Å². The van der Waals surface area contributed by atoms with E-state index >= 15 is 0 Å². The lowest BCUT2D eigenvalue weighted by molar-refractivity contribution is 0.686. The fourth-order valence-corrected chi connectivity index (χ4v) is 2.45. The van der Waals surface area contributed by atoms with Gasteiger partial charge in [-0.05, 0) is 51.0 Å². The summed E-state index contributed by atoms with van der Waals surface area (Å²) in [4.78, 5) is 0. The Morgan fingerprint density at radius 2 is 1.53 bits per heavy atom. The molecule has 0 radical (unpaired) electrons. The van der Waals surface area contributed by atoms with Crippen molar-refractivity contribution in [3.05, 3.63) is 103 Å². The lowest BCUT2D eigenvalue weighted by Gasteiger charge is -2.07. The second-order valence-corrected chi connectivity index (χ2v) is 6.98. The maximum Gasteiger partial charge on any atom is 0.138 e. The van der Waals surface area contributed by atoms with E-state index in [1.807, 2.05) is 101 Å². The van der Waals surface area contributed by atoms with Gasteiger partial charge in [0.05, 0.1) is 0 Å². The number of hydrogen-bond acceptors (Lipinski definition) is 6. The van der Waals surface area contributed by atoms with Crippen molar-refractivity contribution >= 4 is 24.7 Å². The number of benzene rings is 2. The van der Waals surface area contributed by atoms with Crippen molar-refractivity contribution in [1.29, 1.82) is 0 Å². The van der Waals surface area contributed by atoms with Crippen LogP contribution in [0.4, 0.5) is 0 Å². The van der Waals surface area contributed by atoms with Gasteiger partial charge in [-0.2, -0.15) is 0 Å². The number of hydrogen-bond donors (Lipinski definition) is 6. The molecule has 0 fully saturated rings. The van der Waals surface area contributed by atoms with Gasteiger partial charge in [0.2, 0.25) is 0 Å². The standard InChI is InChI=1S/C9H13N3S.C9H18N2.C8H8.2C2H6.CH5N/c1-11-6-7-2-4-8(5-3-7)9(10)12-13;1-4-6-10-8-9(3)11-7-5-2;1-2-8-6-4-3-5-7-8;3*1-2/h2-5,11,13H,6H2,1H3,(H2,10,12);5,10-11H,2-4,6-8H2,1H3;2-7H,1H2;2*1-2H3;2H2,1H3. The Morgan fingerprint density at radius 3 is 1.92 bits per heavy atom. The average molecular weight is 545 g/mol. The van der Waals surface area contributed by atoms with Gasteiger partial charge in [-0.1, -0.05) is 115 Å². The summed E-state index contributed by atoms with van der Waals surface area (Å²) in [5.74, 6) is 0.444. The summed E-state index contributed by atoms with van der Waals surface area (Å²) >= 11 is 3.74. The van der Waals surface area contributed by atoms with E-state index in [1.54, 1.807) is 0 Å². The van der Waals surface area contributed by atoms with Crippen molar-refractivity contribution in [3.63, 3.8) is 0 Å². The smallest absolute Gasteiger partial charge is 0.138 e. The molecule has 0 saturated heterocycles. The van der Waals surface area contributed by atoms with Gasteiger partial charge in [0.15, 0.2) is 0 Å². The van der Waals surface area contributed by atoms with E-state index in [-0.39, 0.29) is 0 Å². The van der Waals surface area contributed by atoms with Crippen LogP contribution in [0.1, 0.15) is 57.7 Å². The van der Waals surface area contributed by atoms with E-state index < -0.39 is 0 Å². The predicted molar refractivity (Wildman–Crippen MR) is 179 cm³/mol. The molecular formula is C31H56N6S. The maximum atomic E-state index is 5.58. The van der Waals surface area contributed by atoms with Crippen LogP contribution in [-0.2, 0) is 6.54 Å². The molecule has 216 valence electrons. The molecule has 6 nitrogen and oxygen atoms in total. The molecule has 38 heavy (non-hydrogen) atoms. The molecule has 0 spiro atoms. The van der Waals surface area contributed by atoms with E-state index in [1.165, 1.54) is 18.2 Å². The third kappa shape index (κ3) is 27.7. The first-order valence-corrected chi connectivity index (χ1v) is 13.6. The predicted octanol–water partition coefficient (Wildman–Crippen LogP) is 6.19. The quantitative estimate of drug-likeness (QED) is 0.0666. The molecule has 0 saturated carbocycles. The second-order valence-electron chi connectivity index (χ2n) is 6.78. The third-order valence-corrected chi connectivity index (χ3v) is 4.25. The van der Waals surface area contributed by atoms with Crippen LogP contribution in [0.25, 0.3) is 6.08 Å². The summed E-state index contributed by atoms with van der Waals surface area (Å²) in [6, 6.07) is 17.9. The Kier molecular flexibility index (Phi) is 40.4. The van der Waals surface area contributed by atoms with Crippen molar-refractivity contribution in [2.24, 2.45) is 15.9 Å². The molecule has 7 N–H and O–H groups in total. The molecule has 0 atom stereocenters. The first-order valence-electron chi connectivity index (χ1n) is 13.2. The van der Waals surface area contributed by atoms with Gasteiger partial charge in [0.1, 0.15) is 5.84 Å². The lowest BCUT2D eigenvalue weighted by atomic mass is 10.1. The molecule has 0 aliphatic heterocycles. The zero-order valence-electron chi connectivity index (χ0n) is 25.1. The van der Waals surface area contributed by atoms with Gasteiger partial charge in [-0.25, -0.2) is 4.40 Å². The minimum absolute atomic E-state index is 0.444. The average Bonchev–Trinajstić information content (AvgIpc) is 3.00. The summed E-state index contributed by atoms with van der Waals surface area (Å²) < 4.78 is 3.61. The molecule has 7 heteroatoms. The molecule has 0 aliphatic rings. The van der Waals surface area contributed by atoms with Crippen molar-refractivity contribution in [2.45, 2.75) is 47.6 Å². The van der Waals surface area contributed by atoms with Crippen LogP contribution < -0.4 is 27.4 Å². The molecule has 0 unspecified atom stereocenters. The van der Waals surface area contributed by atoms with Crippen molar-refractivity contribution in [3.8, 4) is 0 Å². The molecule has 2 aromatic carbocycles. The summed E-state index contributed by atoms with van der Waals surface area (Å²) in [5.41, 5.74) is 14.4. The van der Waals surface area contributed by atoms with Gasteiger partial charge in [-0.15, -0.1) is 6.58 Å². The van der Waals surface area contributed by atoms with E-state index in [4.69, 9.17) is 5.73 Å². The molecule has 2 rings (SSSR count). The van der Waals surface area contributed by atoms with Crippen LogP contribution >= 0.6 is 12.8 Å². The summed E-state index contributed by atoms with van der Waals surface area (Å²) in [7, 11) is 3.41.